The highest BCUT2D eigenvalue weighted by molar-refractivity contribution is 6.36. The smallest absolute Gasteiger partial charge is 0.213 e. The van der Waals surface area contributed by atoms with Crippen LogP contribution in [0.1, 0.15) is 18.4 Å². The molecule has 1 heterocycles. The van der Waals surface area contributed by atoms with Gasteiger partial charge in [0.05, 0.1) is 24.1 Å². The van der Waals surface area contributed by atoms with Gasteiger partial charge in [0.2, 0.25) is 5.88 Å². The number of methoxy groups -OCH3 is 1. The summed E-state index contributed by atoms with van der Waals surface area (Å²) in [4.78, 5) is 4.12. The maximum atomic E-state index is 8.92. The molecule has 1 unspecified atom stereocenters. The van der Waals surface area contributed by atoms with Crippen LogP contribution >= 0.6 is 11.6 Å². The molecule has 0 saturated carbocycles. The van der Waals surface area contributed by atoms with Crippen molar-refractivity contribution in [2.24, 2.45) is 0 Å². The van der Waals surface area contributed by atoms with E-state index in [-0.39, 0.29) is 5.92 Å². The molecule has 2 rings (SSSR count). The second-order valence-corrected chi connectivity index (χ2v) is 4.15. The Labute approximate surface area is 105 Å². The number of halogens is 1. The summed E-state index contributed by atoms with van der Waals surface area (Å²) in [6.45, 7) is 1.82. The summed E-state index contributed by atoms with van der Waals surface area (Å²) in [6, 6.07) is 7.80. The van der Waals surface area contributed by atoms with E-state index in [0.717, 1.165) is 16.3 Å². The Bertz CT molecular complexity index is 604. The molecule has 17 heavy (non-hydrogen) atoms. The van der Waals surface area contributed by atoms with Crippen LogP contribution in [0.15, 0.2) is 24.4 Å². The number of aromatic nitrogens is 1. The first-order valence-corrected chi connectivity index (χ1v) is 5.57. The van der Waals surface area contributed by atoms with Crippen LogP contribution in [-0.2, 0) is 0 Å². The number of fused-ring (bicyclic) bond motifs is 1. The molecule has 86 valence electrons. The number of hydrogen-bond acceptors (Lipinski definition) is 3. The second kappa shape index (κ2) is 4.60. The van der Waals surface area contributed by atoms with Crippen molar-refractivity contribution in [1.29, 1.82) is 5.26 Å². The SMILES string of the molecule is COc1cc2ccc(C(C)C#N)c(Cl)c2cn1. The zero-order valence-electron chi connectivity index (χ0n) is 9.57. The third-order valence-corrected chi connectivity index (χ3v) is 3.13. The molecular weight excluding hydrogens is 236 g/mol. The Hall–Kier alpha value is -1.79. The quantitative estimate of drug-likeness (QED) is 0.814. The van der Waals surface area contributed by atoms with Crippen molar-refractivity contribution in [1.82, 2.24) is 4.98 Å². The highest BCUT2D eigenvalue weighted by atomic mass is 35.5. The summed E-state index contributed by atoms with van der Waals surface area (Å²) in [5.74, 6) is 0.323. The minimum Gasteiger partial charge on any atom is -0.481 e. The van der Waals surface area contributed by atoms with Gasteiger partial charge in [-0.05, 0) is 17.9 Å². The van der Waals surface area contributed by atoms with E-state index in [0.29, 0.717) is 10.9 Å². The minimum atomic E-state index is -0.228. The standard InChI is InChI=1S/C13H11ClN2O/c1-8(6-15)10-4-3-9-5-12(17-2)16-7-11(9)13(10)14/h3-5,7-8H,1-2H3. The number of rotatable bonds is 2. The van der Waals surface area contributed by atoms with Crippen molar-refractivity contribution < 1.29 is 4.74 Å². The van der Waals surface area contributed by atoms with Gasteiger partial charge in [-0.3, -0.25) is 0 Å². The zero-order valence-corrected chi connectivity index (χ0v) is 10.3. The van der Waals surface area contributed by atoms with Crippen LogP contribution < -0.4 is 4.74 Å². The molecule has 0 spiro atoms. The Morgan fingerprint density at radius 1 is 1.47 bits per heavy atom. The Kier molecular flexibility index (Phi) is 3.16. The molecule has 3 nitrogen and oxygen atoms in total. The normalized spacial score (nSPS) is 12.1. The van der Waals surface area contributed by atoms with E-state index in [2.05, 4.69) is 11.1 Å². The molecular formula is C13H11ClN2O. The van der Waals surface area contributed by atoms with Crippen molar-refractivity contribution in [3.8, 4) is 11.9 Å². The van der Waals surface area contributed by atoms with Gasteiger partial charge in [-0.2, -0.15) is 5.26 Å². The van der Waals surface area contributed by atoms with Crippen molar-refractivity contribution in [2.75, 3.05) is 7.11 Å². The first-order valence-electron chi connectivity index (χ1n) is 5.19. The zero-order chi connectivity index (χ0) is 12.4. The molecule has 2 aromatic rings. The van der Waals surface area contributed by atoms with E-state index in [1.807, 2.05) is 25.1 Å². The predicted octanol–water partition coefficient (Wildman–Crippen LogP) is 3.52. The van der Waals surface area contributed by atoms with Gasteiger partial charge in [0.25, 0.3) is 0 Å². The average molecular weight is 247 g/mol. The monoisotopic (exact) mass is 246 g/mol. The van der Waals surface area contributed by atoms with E-state index >= 15 is 0 Å². The van der Waals surface area contributed by atoms with Crippen molar-refractivity contribution in [2.45, 2.75) is 12.8 Å². The third kappa shape index (κ3) is 2.04. The Morgan fingerprint density at radius 3 is 2.88 bits per heavy atom. The molecule has 4 heteroatoms. The molecule has 0 radical (unpaired) electrons. The van der Waals surface area contributed by atoms with E-state index in [1.165, 1.54) is 0 Å². The molecule has 0 aliphatic rings. The lowest BCUT2D eigenvalue weighted by Crippen LogP contribution is -1.93. The lowest BCUT2D eigenvalue weighted by molar-refractivity contribution is 0.399. The molecule has 0 N–H and O–H groups in total. The van der Waals surface area contributed by atoms with E-state index < -0.39 is 0 Å². The molecule has 1 aromatic heterocycles. The summed E-state index contributed by atoms with van der Waals surface area (Å²) >= 11 is 6.28. The Morgan fingerprint density at radius 2 is 2.24 bits per heavy atom. The van der Waals surface area contributed by atoms with Gasteiger partial charge in [-0.1, -0.05) is 23.7 Å². The van der Waals surface area contributed by atoms with Crippen molar-refractivity contribution in [3.63, 3.8) is 0 Å². The first-order chi connectivity index (χ1) is 8.17. The predicted molar refractivity (Wildman–Crippen MR) is 67.3 cm³/mol. The summed E-state index contributed by atoms with van der Waals surface area (Å²) < 4.78 is 5.05. The lowest BCUT2D eigenvalue weighted by Gasteiger charge is -2.09. The molecule has 1 aromatic carbocycles. The molecule has 0 fully saturated rings. The number of nitrogens with zero attached hydrogens (tertiary/aromatic N) is 2. The highest BCUT2D eigenvalue weighted by Crippen LogP contribution is 2.32. The van der Waals surface area contributed by atoms with Crippen molar-refractivity contribution >= 4 is 22.4 Å². The van der Waals surface area contributed by atoms with Crippen LogP contribution in [0, 0.1) is 11.3 Å². The summed E-state index contributed by atoms with van der Waals surface area (Å²) in [6.07, 6.45) is 1.67. The van der Waals surface area contributed by atoms with Gasteiger partial charge < -0.3 is 4.74 Å². The largest absolute Gasteiger partial charge is 0.481 e. The topological polar surface area (TPSA) is 45.9 Å². The van der Waals surface area contributed by atoms with Crippen LogP contribution in [0.3, 0.4) is 0 Å². The Balaban J connectivity index is 2.65. The van der Waals surface area contributed by atoms with Gasteiger partial charge in [0.1, 0.15) is 0 Å². The maximum absolute atomic E-state index is 8.92. The molecule has 0 aliphatic heterocycles. The van der Waals surface area contributed by atoms with Crippen LogP contribution in [-0.4, -0.2) is 12.1 Å². The van der Waals surface area contributed by atoms with Gasteiger partial charge in [0.15, 0.2) is 0 Å². The molecule has 0 saturated heterocycles. The molecule has 0 aliphatic carbocycles. The number of benzene rings is 1. The lowest BCUT2D eigenvalue weighted by atomic mass is 9.99. The molecule has 0 amide bonds. The highest BCUT2D eigenvalue weighted by Gasteiger charge is 2.12. The van der Waals surface area contributed by atoms with Gasteiger partial charge in [0, 0.05) is 17.6 Å². The van der Waals surface area contributed by atoms with Crippen LogP contribution in [0.4, 0.5) is 0 Å². The van der Waals surface area contributed by atoms with Crippen molar-refractivity contribution in [3.05, 3.63) is 35.0 Å². The summed E-state index contributed by atoms with van der Waals surface area (Å²) in [5.41, 5.74) is 0.827. The summed E-state index contributed by atoms with van der Waals surface area (Å²) in [7, 11) is 1.57. The fourth-order valence-corrected chi connectivity index (χ4v) is 2.08. The van der Waals surface area contributed by atoms with Crippen LogP contribution in [0.5, 0.6) is 5.88 Å². The van der Waals surface area contributed by atoms with Gasteiger partial charge in [-0.25, -0.2) is 4.98 Å². The second-order valence-electron chi connectivity index (χ2n) is 3.77. The average Bonchev–Trinajstić information content (AvgIpc) is 2.38. The van der Waals surface area contributed by atoms with E-state index in [9.17, 15) is 0 Å². The van der Waals surface area contributed by atoms with Gasteiger partial charge in [-0.15, -0.1) is 0 Å². The molecule has 1 atom stereocenters. The number of pyridine rings is 1. The fourth-order valence-electron chi connectivity index (χ4n) is 1.70. The summed E-state index contributed by atoms with van der Waals surface area (Å²) in [5, 5.41) is 11.3. The molecule has 0 bridgehead atoms. The maximum Gasteiger partial charge on any atom is 0.213 e. The van der Waals surface area contributed by atoms with Crippen LogP contribution in [0.2, 0.25) is 5.02 Å². The van der Waals surface area contributed by atoms with Gasteiger partial charge >= 0.3 is 0 Å². The number of hydrogen-bond donors (Lipinski definition) is 0. The third-order valence-electron chi connectivity index (χ3n) is 2.71. The van der Waals surface area contributed by atoms with E-state index in [1.54, 1.807) is 13.3 Å². The van der Waals surface area contributed by atoms with E-state index in [4.69, 9.17) is 21.6 Å². The van der Waals surface area contributed by atoms with Crippen LogP contribution in [0.25, 0.3) is 10.8 Å². The fraction of sp³-hybridized carbons (Fsp3) is 0.231. The number of nitriles is 1. The number of ether oxygens (including phenoxy) is 1. The minimum absolute atomic E-state index is 0.228. The first kappa shape index (κ1) is 11.7.